The lowest BCUT2D eigenvalue weighted by Crippen LogP contribution is -2.47. The van der Waals surface area contributed by atoms with Crippen LogP contribution in [0, 0.1) is 0 Å². The molecule has 0 fully saturated rings. The molecule has 0 bridgehead atoms. The zero-order chi connectivity index (χ0) is 14.6. The second-order valence-electron chi connectivity index (χ2n) is 4.56. The van der Waals surface area contributed by atoms with Gasteiger partial charge in [0.2, 0.25) is 0 Å². The number of hydrogen-bond acceptors (Lipinski definition) is 5. The van der Waals surface area contributed by atoms with E-state index in [0.717, 1.165) is 6.42 Å². The quantitative estimate of drug-likeness (QED) is 0.487. The van der Waals surface area contributed by atoms with Crippen molar-refractivity contribution in [2.75, 3.05) is 47.2 Å². The van der Waals surface area contributed by atoms with Gasteiger partial charge in [-0.25, -0.2) is 0 Å². The lowest BCUT2D eigenvalue weighted by Gasteiger charge is -2.23. The Morgan fingerprint density at radius 3 is 2.16 bits per heavy atom. The zero-order valence-corrected chi connectivity index (χ0v) is 12.2. The highest BCUT2D eigenvalue weighted by Crippen LogP contribution is 2.11. The molecule has 0 spiro atoms. The first-order valence-electron chi connectivity index (χ1n) is 6.63. The van der Waals surface area contributed by atoms with Crippen molar-refractivity contribution in [3.8, 4) is 0 Å². The average Bonchev–Trinajstić information content (AvgIpc) is 2.40. The van der Waals surface area contributed by atoms with Crippen LogP contribution in [0.4, 0.5) is 0 Å². The van der Waals surface area contributed by atoms with Crippen LogP contribution in [0.2, 0.25) is 0 Å². The van der Waals surface area contributed by atoms with Crippen molar-refractivity contribution in [1.29, 1.82) is 0 Å². The molecule has 0 aromatic heterocycles. The van der Waals surface area contributed by atoms with Gasteiger partial charge in [-0.15, -0.1) is 0 Å². The van der Waals surface area contributed by atoms with Crippen molar-refractivity contribution in [3.63, 3.8) is 0 Å². The van der Waals surface area contributed by atoms with E-state index in [2.05, 4.69) is 5.32 Å². The monoisotopic (exact) mass is 277 g/mol. The number of carboxylic acids is 1. The fourth-order valence-corrected chi connectivity index (χ4v) is 1.49. The van der Waals surface area contributed by atoms with Crippen LogP contribution in [-0.4, -0.2) is 63.8 Å². The maximum atomic E-state index is 11.0. The van der Waals surface area contributed by atoms with Crippen molar-refractivity contribution >= 4 is 5.97 Å². The Kier molecular flexibility index (Phi) is 10.8. The third kappa shape index (κ3) is 8.93. The molecular formula is C13H27NO5. The molecule has 1 atom stereocenters. The Bertz CT molecular complexity index is 237. The van der Waals surface area contributed by atoms with E-state index in [9.17, 15) is 4.79 Å². The summed E-state index contributed by atoms with van der Waals surface area (Å²) in [6, 6.07) is 0. The summed E-state index contributed by atoms with van der Waals surface area (Å²) in [6.45, 7) is 4.70. The van der Waals surface area contributed by atoms with Gasteiger partial charge in [0.15, 0.2) is 0 Å². The number of nitrogens with one attached hydrogen (secondary N) is 1. The molecule has 0 radical (unpaired) electrons. The topological polar surface area (TPSA) is 77.0 Å². The second kappa shape index (κ2) is 11.2. The van der Waals surface area contributed by atoms with Gasteiger partial charge in [0.05, 0.1) is 13.2 Å². The third-order valence-electron chi connectivity index (χ3n) is 3.00. The Morgan fingerprint density at radius 1 is 1.11 bits per heavy atom. The summed E-state index contributed by atoms with van der Waals surface area (Å²) in [5.74, 6) is -0.837. The van der Waals surface area contributed by atoms with Gasteiger partial charge in [-0.3, -0.25) is 4.79 Å². The first kappa shape index (κ1) is 18.3. The van der Waals surface area contributed by atoms with Gasteiger partial charge in [0, 0.05) is 26.9 Å². The summed E-state index contributed by atoms with van der Waals surface area (Å²) >= 11 is 0. The molecule has 0 saturated carbocycles. The molecule has 0 saturated heterocycles. The van der Waals surface area contributed by atoms with Crippen molar-refractivity contribution in [1.82, 2.24) is 5.32 Å². The maximum Gasteiger partial charge on any atom is 0.323 e. The van der Waals surface area contributed by atoms with Crippen LogP contribution in [0.5, 0.6) is 0 Å². The van der Waals surface area contributed by atoms with Crippen LogP contribution < -0.4 is 5.32 Å². The minimum absolute atomic E-state index is 0.535. The number of carbonyl (C=O) groups is 1. The number of likely N-dealkylation sites (N-methyl/N-ethyl adjacent to an activating group) is 1. The molecule has 2 N–H and O–H groups in total. The average molecular weight is 277 g/mol. The molecule has 0 heterocycles. The van der Waals surface area contributed by atoms with Crippen LogP contribution in [0.3, 0.4) is 0 Å². The van der Waals surface area contributed by atoms with Crippen molar-refractivity contribution in [2.45, 2.75) is 31.7 Å². The minimum Gasteiger partial charge on any atom is -0.480 e. The van der Waals surface area contributed by atoms with E-state index < -0.39 is 11.5 Å². The van der Waals surface area contributed by atoms with E-state index in [1.807, 2.05) is 0 Å². The van der Waals surface area contributed by atoms with Crippen LogP contribution in [0.15, 0.2) is 0 Å². The van der Waals surface area contributed by atoms with Crippen molar-refractivity contribution in [3.05, 3.63) is 0 Å². The van der Waals surface area contributed by atoms with Gasteiger partial charge in [0.1, 0.15) is 5.54 Å². The van der Waals surface area contributed by atoms with E-state index >= 15 is 0 Å². The smallest absolute Gasteiger partial charge is 0.323 e. The molecule has 0 rings (SSSR count). The highest BCUT2D eigenvalue weighted by molar-refractivity contribution is 5.78. The summed E-state index contributed by atoms with van der Waals surface area (Å²) < 4.78 is 15.6. The predicted octanol–water partition coefficient (Wildman–Crippen LogP) is 0.899. The number of carboxylic acid groups (broad SMARTS) is 1. The van der Waals surface area contributed by atoms with E-state index in [4.69, 9.17) is 19.3 Å². The van der Waals surface area contributed by atoms with E-state index in [1.54, 1.807) is 21.1 Å². The number of ether oxygens (including phenoxy) is 3. The van der Waals surface area contributed by atoms with Crippen molar-refractivity contribution < 1.29 is 24.1 Å². The molecule has 0 aromatic rings. The largest absolute Gasteiger partial charge is 0.480 e. The first-order valence-corrected chi connectivity index (χ1v) is 6.63. The summed E-state index contributed by atoms with van der Waals surface area (Å²) in [4.78, 5) is 11.0. The fourth-order valence-electron chi connectivity index (χ4n) is 1.49. The van der Waals surface area contributed by atoms with Gasteiger partial charge >= 0.3 is 5.97 Å². The molecule has 0 aliphatic rings. The molecule has 0 aliphatic heterocycles. The highest BCUT2D eigenvalue weighted by Gasteiger charge is 2.30. The summed E-state index contributed by atoms with van der Waals surface area (Å²) in [5.41, 5.74) is -0.875. The predicted molar refractivity (Wildman–Crippen MR) is 72.5 cm³/mol. The molecule has 6 heteroatoms. The van der Waals surface area contributed by atoms with Gasteiger partial charge in [-0.1, -0.05) is 0 Å². The highest BCUT2D eigenvalue weighted by atomic mass is 16.5. The van der Waals surface area contributed by atoms with Crippen molar-refractivity contribution in [2.24, 2.45) is 0 Å². The lowest BCUT2D eigenvalue weighted by molar-refractivity contribution is -0.144. The summed E-state index contributed by atoms with van der Waals surface area (Å²) in [5, 5.41) is 11.9. The normalized spacial score (nSPS) is 14.3. The molecule has 0 aliphatic carbocycles. The second-order valence-corrected chi connectivity index (χ2v) is 4.56. The van der Waals surface area contributed by atoms with Crippen LogP contribution in [-0.2, 0) is 19.0 Å². The number of hydrogen-bond donors (Lipinski definition) is 2. The molecule has 19 heavy (non-hydrogen) atoms. The maximum absolute atomic E-state index is 11.0. The number of methoxy groups -OCH3 is 1. The van der Waals surface area contributed by atoms with Crippen LogP contribution in [0.25, 0.3) is 0 Å². The Labute approximate surface area is 115 Å². The standard InChI is InChI=1S/C13H27NO5/c1-13(14-2,12(15)16)6-4-8-18-10-11-19-9-5-7-17-3/h14H,4-11H2,1-3H3,(H,15,16). The number of rotatable bonds is 13. The first-order chi connectivity index (χ1) is 9.06. The fraction of sp³-hybridized carbons (Fsp3) is 0.923. The van der Waals surface area contributed by atoms with E-state index in [0.29, 0.717) is 45.9 Å². The summed E-state index contributed by atoms with van der Waals surface area (Å²) in [7, 11) is 3.32. The van der Waals surface area contributed by atoms with Gasteiger partial charge in [-0.2, -0.15) is 0 Å². The van der Waals surface area contributed by atoms with Gasteiger partial charge in [0.25, 0.3) is 0 Å². The van der Waals surface area contributed by atoms with Crippen LogP contribution >= 0.6 is 0 Å². The molecule has 0 aromatic carbocycles. The zero-order valence-electron chi connectivity index (χ0n) is 12.2. The minimum atomic E-state index is -0.875. The Morgan fingerprint density at radius 2 is 1.68 bits per heavy atom. The molecule has 114 valence electrons. The Balaban J connectivity index is 3.38. The van der Waals surface area contributed by atoms with E-state index in [1.165, 1.54) is 0 Å². The molecule has 1 unspecified atom stereocenters. The van der Waals surface area contributed by atoms with Crippen LogP contribution in [0.1, 0.15) is 26.2 Å². The molecule has 6 nitrogen and oxygen atoms in total. The lowest BCUT2D eigenvalue weighted by atomic mass is 9.96. The summed E-state index contributed by atoms with van der Waals surface area (Å²) in [6.07, 6.45) is 2.12. The van der Waals surface area contributed by atoms with Gasteiger partial charge < -0.3 is 24.6 Å². The van der Waals surface area contributed by atoms with Gasteiger partial charge in [-0.05, 0) is 33.2 Å². The Hall–Kier alpha value is -0.690. The van der Waals surface area contributed by atoms with E-state index in [-0.39, 0.29) is 0 Å². The molecule has 0 amide bonds. The third-order valence-corrected chi connectivity index (χ3v) is 3.00. The number of aliphatic carboxylic acids is 1. The molecular weight excluding hydrogens is 250 g/mol. The SMILES string of the molecule is CNC(C)(CCCOCCOCCCOC)C(=O)O.